The lowest BCUT2D eigenvalue weighted by atomic mass is 10.1. The van der Waals surface area contributed by atoms with Gasteiger partial charge in [0.05, 0.1) is 32.3 Å². The number of nitrogens with one attached hydrogen (secondary N) is 1. The molecule has 1 heterocycles. The number of amides is 2. The smallest absolute Gasteiger partial charge is 0.317 e. The number of halogens is 2. The van der Waals surface area contributed by atoms with Crippen molar-refractivity contribution >= 4 is 12.0 Å². The lowest BCUT2D eigenvalue weighted by Gasteiger charge is -2.34. The number of morpholine rings is 1. The van der Waals surface area contributed by atoms with Crippen molar-refractivity contribution in [3.05, 3.63) is 0 Å². The van der Waals surface area contributed by atoms with Crippen LogP contribution in [0.2, 0.25) is 0 Å². The van der Waals surface area contributed by atoms with Gasteiger partial charge in [0.25, 0.3) is 6.43 Å². The van der Waals surface area contributed by atoms with Crippen LogP contribution in [0.1, 0.15) is 6.42 Å². The number of hydrogen-bond donors (Lipinski definition) is 2. The molecule has 0 spiro atoms. The number of urea groups is 1. The highest BCUT2D eigenvalue weighted by Gasteiger charge is 2.28. The van der Waals surface area contributed by atoms with Crippen LogP contribution in [0.25, 0.3) is 0 Å². The Morgan fingerprint density at radius 1 is 1.50 bits per heavy atom. The van der Waals surface area contributed by atoms with Gasteiger partial charge in [-0.05, 0) is 0 Å². The average molecular weight is 296 g/mol. The first-order valence-corrected chi connectivity index (χ1v) is 6.20. The summed E-state index contributed by atoms with van der Waals surface area (Å²) in [4.78, 5) is 23.9. The van der Waals surface area contributed by atoms with Crippen molar-refractivity contribution in [2.24, 2.45) is 0 Å². The second-order valence-electron chi connectivity index (χ2n) is 4.22. The van der Waals surface area contributed by atoms with Gasteiger partial charge in [0.15, 0.2) is 0 Å². The van der Waals surface area contributed by atoms with Crippen LogP contribution in [0.5, 0.6) is 0 Å². The Kier molecular flexibility index (Phi) is 7.16. The quantitative estimate of drug-likeness (QED) is 0.653. The molecule has 1 atom stereocenters. The van der Waals surface area contributed by atoms with Gasteiger partial charge in [0, 0.05) is 13.1 Å². The number of carbonyl (C=O) groups is 2. The zero-order chi connectivity index (χ0) is 15.0. The van der Waals surface area contributed by atoms with E-state index in [4.69, 9.17) is 9.84 Å². The van der Waals surface area contributed by atoms with E-state index in [0.717, 1.165) is 0 Å². The lowest BCUT2D eigenvalue weighted by molar-refractivity contribution is -0.139. The highest BCUT2D eigenvalue weighted by Crippen LogP contribution is 2.10. The molecule has 20 heavy (non-hydrogen) atoms. The number of carboxylic acid groups (broad SMARTS) is 1. The summed E-state index contributed by atoms with van der Waals surface area (Å²) < 4.78 is 33.4. The van der Waals surface area contributed by atoms with Crippen molar-refractivity contribution in [3.8, 4) is 0 Å². The number of alkyl halides is 2. The van der Waals surface area contributed by atoms with Crippen molar-refractivity contribution in [1.29, 1.82) is 0 Å². The molecule has 2 amide bonds. The summed E-state index contributed by atoms with van der Waals surface area (Å²) >= 11 is 0. The first-order chi connectivity index (χ1) is 9.50. The van der Waals surface area contributed by atoms with Gasteiger partial charge in [-0.25, -0.2) is 13.6 Å². The molecule has 0 aromatic heterocycles. The van der Waals surface area contributed by atoms with E-state index in [1.807, 2.05) is 0 Å². The molecule has 116 valence electrons. The zero-order valence-electron chi connectivity index (χ0n) is 10.9. The first-order valence-electron chi connectivity index (χ1n) is 6.20. The molecule has 1 fully saturated rings. The highest BCUT2D eigenvalue weighted by atomic mass is 19.3. The van der Waals surface area contributed by atoms with Crippen LogP contribution in [0.3, 0.4) is 0 Å². The Morgan fingerprint density at radius 2 is 2.25 bits per heavy atom. The van der Waals surface area contributed by atoms with Crippen LogP contribution in [0, 0.1) is 0 Å². The van der Waals surface area contributed by atoms with Crippen molar-refractivity contribution in [2.75, 3.05) is 39.5 Å². The normalized spacial score (nSPS) is 19.1. The monoisotopic (exact) mass is 296 g/mol. The summed E-state index contributed by atoms with van der Waals surface area (Å²) in [7, 11) is 0. The Hall–Kier alpha value is -1.48. The van der Waals surface area contributed by atoms with E-state index in [1.54, 1.807) is 0 Å². The fourth-order valence-electron chi connectivity index (χ4n) is 1.80. The number of ether oxygens (including phenoxy) is 2. The molecule has 0 aromatic rings. The minimum Gasteiger partial charge on any atom is -0.481 e. The number of carboxylic acids is 1. The molecule has 0 aromatic carbocycles. The first kappa shape index (κ1) is 16.6. The van der Waals surface area contributed by atoms with Crippen LogP contribution in [0.4, 0.5) is 13.6 Å². The third kappa shape index (κ3) is 6.11. The molecule has 7 nitrogen and oxygen atoms in total. The lowest BCUT2D eigenvalue weighted by Crippen LogP contribution is -2.53. The van der Waals surface area contributed by atoms with Crippen LogP contribution < -0.4 is 5.32 Å². The molecule has 9 heteroatoms. The molecule has 1 aliphatic heterocycles. The third-order valence-corrected chi connectivity index (χ3v) is 2.67. The third-order valence-electron chi connectivity index (χ3n) is 2.67. The van der Waals surface area contributed by atoms with Crippen LogP contribution in [0.15, 0.2) is 0 Å². The number of hydrogen-bond acceptors (Lipinski definition) is 4. The molecular weight excluding hydrogens is 278 g/mol. The van der Waals surface area contributed by atoms with Crippen LogP contribution in [-0.4, -0.2) is 74.0 Å². The number of rotatable bonds is 7. The zero-order valence-corrected chi connectivity index (χ0v) is 10.9. The molecule has 1 saturated heterocycles. The fraction of sp³-hybridized carbons (Fsp3) is 0.818. The van der Waals surface area contributed by atoms with Gasteiger partial charge in [-0.2, -0.15) is 0 Å². The van der Waals surface area contributed by atoms with Gasteiger partial charge in [-0.1, -0.05) is 0 Å². The van der Waals surface area contributed by atoms with Crippen molar-refractivity contribution in [2.45, 2.75) is 18.9 Å². The summed E-state index contributed by atoms with van der Waals surface area (Å²) in [6.45, 7) is 0.191. The molecular formula is C11H18F2N2O5. The van der Waals surface area contributed by atoms with Crippen LogP contribution in [-0.2, 0) is 14.3 Å². The topological polar surface area (TPSA) is 88.1 Å². The van der Waals surface area contributed by atoms with Gasteiger partial charge in [-0.15, -0.1) is 0 Å². The van der Waals surface area contributed by atoms with Crippen LogP contribution >= 0.6 is 0 Å². The molecule has 0 bridgehead atoms. The van der Waals surface area contributed by atoms with E-state index in [-0.39, 0.29) is 26.2 Å². The van der Waals surface area contributed by atoms with Crippen molar-refractivity contribution in [3.63, 3.8) is 0 Å². The second kappa shape index (κ2) is 8.64. The molecule has 2 N–H and O–H groups in total. The SMILES string of the molecule is O=C(O)CC1COCCN1C(=O)NCCOCC(F)F. The standard InChI is InChI=1S/C11H18F2N2O5/c12-9(13)7-19-3-1-14-11(18)15-2-4-20-6-8(15)5-10(16)17/h8-9H,1-7H2,(H,14,18)(H,16,17). The molecule has 0 aliphatic carbocycles. The predicted molar refractivity (Wildman–Crippen MR) is 63.8 cm³/mol. The van der Waals surface area contributed by atoms with E-state index < -0.39 is 31.1 Å². The van der Waals surface area contributed by atoms with Gasteiger partial charge in [-0.3, -0.25) is 4.79 Å². The van der Waals surface area contributed by atoms with E-state index in [0.29, 0.717) is 13.2 Å². The van der Waals surface area contributed by atoms with Gasteiger partial charge < -0.3 is 24.8 Å². The van der Waals surface area contributed by atoms with E-state index in [9.17, 15) is 18.4 Å². The summed E-state index contributed by atoms with van der Waals surface area (Å²) in [5, 5.41) is 11.3. The molecule has 1 rings (SSSR count). The summed E-state index contributed by atoms with van der Waals surface area (Å²) in [6, 6.07) is -0.969. The van der Waals surface area contributed by atoms with Crippen molar-refractivity contribution < 1.29 is 33.0 Å². The number of carbonyl (C=O) groups excluding carboxylic acids is 1. The Labute approximate surface area is 114 Å². The summed E-state index contributed by atoms with van der Waals surface area (Å²) in [5.74, 6) is -1.02. The largest absolute Gasteiger partial charge is 0.481 e. The second-order valence-corrected chi connectivity index (χ2v) is 4.22. The minimum absolute atomic E-state index is 0.0238. The summed E-state index contributed by atoms with van der Waals surface area (Å²) in [6.07, 6.45) is -2.74. The van der Waals surface area contributed by atoms with E-state index >= 15 is 0 Å². The maximum Gasteiger partial charge on any atom is 0.317 e. The number of nitrogens with zero attached hydrogens (tertiary/aromatic N) is 1. The fourth-order valence-corrected chi connectivity index (χ4v) is 1.80. The van der Waals surface area contributed by atoms with Gasteiger partial charge >= 0.3 is 12.0 Å². The summed E-state index contributed by atoms with van der Waals surface area (Å²) in [5.41, 5.74) is 0. The van der Waals surface area contributed by atoms with Gasteiger partial charge in [0.2, 0.25) is 0 Å². The average Bonchev–Trinajstić information content (AvgIpc) is 2.37. The highest BCUT2D eigenvalue weighted by molar-refractivity contribution is 5.76. The maximum absolute atomic E-state index is 11.8. The van der Waals surface area contributed by atoms with Gasteiger partial charge in [0.1, 0.15) is 6.61 Å². The Bertz CT molecular complexity index is 330. The van der Waals surface area contributed by atoms with E-state index in [2.05, 4.69) is 10.1 Å². The molecule has 1 aliphatic rings. The Morgan fingerprint density at radius 3 is 2.90 bits per heavy atom. The molecule has 0 saturated carbocycles. The van der Waals surface area contributed by atoms with E-state index in [1.165, 1.54) is 4.90 Å². The minimum atomic E-state index is -2.54. The Balaban J connectivity index is 2.30. The molecule has 0 radical (unpaired) electrons. The maximum atomic E-state index is 11.8. The molecule has 1 unspecified atom stereocenters. The predicted octanol–water partition coefficient (Wildman–Crippen LogP) is 0.153. The van der Waals surface area contributed by atoms with Crippen molar-refractivity contribution in [1.82, 2.24) is 10.2 Å². The number of aliphatic carboxylic acids is 1.